The molecule has 1 aromatic heterocycles. The van der Waals surface area contributed by atoms with Crippen LogP contribution in [0.4, 0.5) is 0 Å². The van der Waals surface area contributed by atoms with E-state index in [1.165, 1.54) is 43.8 Å². The van der Waals surface area contributed by atoms with Crippen LogP contribution in [0.5, 0.6) is 0 Å². The van der Waals surface area contributed by atoms with E-state index in [9.17, 15) is 0 Å². The lowest BCUT2D eigenvalue weighted by Gasteiger charge is -2.35. The third kappa shape index (κ3) is 1.67. The van der Waals surface area contributed by atoms with Gasteiger partial charge in [0.2, 0.25) is 0 Å². The lowest BCUT2D eigenvalue weighted by molar-refractivity contribution is 0.644. The van der Waals surface area contributed by atoms with Crippen LogP contribution < -0.4 is 0 Å². The normalized spacial score (nSPS) is 14.8. The Morgan fingerprint density at radius 3 is 2.33 bits per heavy atom. The van der Waals surface area contributed by atoms with Crippen molar-refractivity contribution < 1.29 is 0 Å². The first-order valence-corrected chi connectivity index (χ1v) is 8.49. The molecule has 3 aromatic carbocycles. The first kappa shape index (κ1) is 13.7. The van der Waals surface area contributed by atoms with Gasteiger partial charge >= 0.3 is 0 Å². The summed E-state index contributed by atoms with van der Waals surface area (Å²) in [5, 5.41) is 5.19. The Hall–Kier alpha value is -2.67. The summed E-state index contributed by atoms with van der Waals surface area (Å²) in [5.74, 6) is 0. The molecule has 0 saturated heterocycles. The molecular formula is C23H19N. The highest BCUT2D eigenvalue weighted by molar-refractivity contribution is 6.04. The second-order valence-electron chi connectivity index (χ2n) is 7.44. The Morgan fingerprint density at radius 1 is 0.792 bits per heavy atom. The first-order valence-electron chi connectivity index (χ1n) is 8.49. The summed E-state index contributed by atoms with van der Waals surface area (Å²) >= 11 is 0. The zero-order valence-electron chi connectivity index (χ0n) is 14.2. The van der Waals surface area contributed by atoms with Gasteiger partial charge in [-0.05, 0) is 52.4 Å². The standard InChI is InChI=1S/C23H19N/c1-14-10-17-8-9-24-22-18-12-15-6-4-5-7-16(15)13-19(18)23(2,3)20(11-14)21(17)22/h4-13H,1-3H3. The number of hydrogen-bond acceptors (Lipinski definition) is 1. The van der Waals surface area contributed by atoms with Gasteiger partial charge in [0.05, 0.1) is 5.69 Å². The van der Waals surface area contributed by atoms with Crippen LogP contribution in [0.15, 0.2) is 60.8 Å². The van der Waals surface area contributed by atoms with Gasteiger partial charge < -0.3 is 0 Å². The predicted molar refractivity (Wildman–Crippen MR) is 102 cm³/mol. The molecule has 1 heteroatoms. The molecule has 1 nitrogen and oxygen atoms in total. The van der Waals surface area contributed by atoms with Crippen molar-refractivity contribution in [1.29, 1.82) is 0 Å². The van der Waals surface area contributed by atoms with E-state index in [0.29, 0.717) is 0 Å². The second-order valence-corrected chi connectivity index (χ2v) is 7.44. The predicted octanol–water partition coefficient (Wildman–Crippen LogP) is 6.00. The van der Waals surface area contributed by atoms with E-state index in [4.69, 9.17) is 4.98 Å². The van der Waals surface area contributed by atoms with Crippen molar-refractivity contribution >= 4 is 21.5 Å². The summed E-state index contributed by atoms with van der Waals surface area (Å²) in [7, 11) is 0. The van der Waals surface area contributed by atoms with Crippen molar-refractivity contribution in [1.82, 2.24) is 4.98 Å². The van der Waals surface area contributed by atoms with Gasteiger partial charge in [-0.1, -0.05) is 55.8 Å². The van der Waals surface area contributed by atoms with Gasteiger partial charge in [0, 0.05) is 22.6 Å². The van der Waals surface area contributed by atoms with Gasteiger partial charge in [0.25, 0.3) is 0 Å². The van der Waals surface area contributed by atoms with Crippen molar-refractivity contribution in [2.24, 2.45) is 0 Å². The summed E-state index contributed by atoms with van der Waals surface area (Å²) < 4.78 is 0. The maximum absolute atomic E-state index is 4.78. The van der Waals surface area contributed by atoms with E-state index in [2.05, 4.69) is 75.4 Å². The quantitative estimate of drug-likeness (QED) is 0.388. The van der Waals surface area contributed by atoms with Crippen LogP contribution in [0.1, 0.15) is 30.5 Å². The fourth-order valence-corrected chi connectivity index (χ4v) is 4.26. The molecule has 116 valence electrons. The molecule has 1 aliphatic carbocycles. The maximum Gasteiger partial charge on any atom is 0.0786 e. The number of fused-ring (bicyclic) bond motifs is 3. The summed E-state index contributed by atoms with van der Waals surface area (Å²) in [6, 6.07) is 20.0. The SMILES string of the molecule is Cc1cc2c3c(nccc3c1)-c1cc3ccccc3cc1C2(C)C. The Labute approximate surface area is 142 Å². The number of hydrogen-bond donors (Lipinski definition) is 0. The van der Waals surface area contributed by atoms with Crippen LogP contribution in [-0.2, 0) is 5.41 Å². The molecular weight excluding hydrogens is 290 g/mol. The highest BCUT2D eigenvalue weighted by atomic mass is 14.7. The molecule has 0 saturated carbocycles. The number of pyridine rings is 1. The fourth-order valence-electron chi connectivity index (χ4n) is 4.26. The Bertz CT molecular complexity index is 1140. The summed E-state index contributed by atoms with van der Waals surface area (Å²) in [6.07, 6.45) is 1.94. The van der Waals surface area contributed by atoms with Crippen molar-refractivity contribution in [3.05, 3.63) is 77.5 Å². The molecule has 24 heavy (non-hydrogen) atoms. The van der Waals surface area contributed by atoms with Crippen molar-refractivity contribution in [3.8, 4) is 11.3 Å². The van der Waals surface area contributed by atoms with E-state index in [0.717, 1.165) is 5.69 Å². The van der Waals surface area contributed by atoms with Crippen molar-refractivity contribution in [2.75, 3.05) is 0 Å². The minimum absolute atomic E-state index is 0.0281. The van der Waals surface area contributed by atoms with E-state index in [1.54, 1.807) is 0 Å². The smallest absolute Gasteiger partial charge is 0.0786 e. The highest BCUT2D eigenvalue weighted by Gasteiger charge is 2.34. The van der Waals surface area contributed by atoms with E-state index in [-0.39, 0.29) is 5.41 Å². The Balaban J connectivity index is 2.02. The van der Waals surface area contributed by atoms with Gasteiger partial charge in [-0.2, -0.15) is 0 Å². The molecule has 0 N–H and O–H groups in total. The zero-order chi connectivity index (χ0) is 16.5. The topological polar surface area (TPSA) is 12.9 Å². The van der Waals surface area contributed by atoms with Crippen LogP contribution in [-0.4, -0.2) is 4.98 Å². The molecule has 0 aliphatic heterocycles. The average Bonchev–Trinajstić information content (AvgIpc) is 2.58. The van der Waals surface area contributed by atoms with Crippen LogP contribution in [0.3, 0.4) is 0 Å². The summed E-state index contributed by atoms with van der Waals surface area (Å²) in [4.78, 5) is 4.78. The van der Waals surface area contributed by atoms with E-state index in [1.807, 2.05) is 6.20 Å². The van der Waals surface area contributed by atoms with Crippen LogP contribution in [0, 0.1) is 6.92 Å². The van der Waals surface area contributed by atoms with Gasteiger partial charge in [-0.3, -0.25) is 4.98 Å². The molecule has 0 bridgehead atoms. The summed E-state index contributed by atoms with van der Waals surface area (Å²) in [5.41, 5.74) is 6.46. The first-order chi connectivity index (χ1) is 11.6. The molecule has 0 spiro atoms. The molecule has 0 fully saturated rings. The minimum atomic E-state index is -0.0281. The molecule has 5 rings (SSSR count). The Morgan fingerprint density at radius 2 is 1.54 bits per heavy atom. The molecule has 1 heterocycles. The minimum Gasteiger partial charge on any atom is -0.256 e. The molecule has 0 amide bonds. The van der Waals surface area contributed by atoms with Crippen molar-refractivity contribution in [3.63, 3.8) is 0 Å². The third-order valence-corrected chi connectivity index (χ3v) is 5.50. The highest BCUT2D eigenvalue weighted by Crippen LogP contribution is 2.48. The maximum atomic E-state index is 4.78. The second kappa shape index (κ2) is 4.45. The fraction of sp³-hybridized carbons (Fsp3) is 0.174. The van der Waals surface area contributed by atoms with Gasteiger partial charge in [-0.15, -0.1) is 0 Å². The molecule has 0 atom stereocenters. The largest absolute Gasteiger partial charge is 0.256 e. The van der Waals surface area contributed by atoms with Crippen LogP contribution in [0.25, 0.3) is 32.8 Å². The lowest BCUT2D eigenvalue weighted by atomic mass is 9.69. The third-order valence-electron chi connectivity index (χ3n) is 5.50. The number of rotatable bonds is 0. The summed E-state index contributed by atoms with van der Waals surface area (Å²) in [6.45, 7) is 6.86. The Kier molecular flexibility index (Phi) is 2.55. The van der Waals surface area contributed by atoms with E-state index >= 15 is 0 Å². The number of nitrogens with zero attached hydrogens (tertiary/aromatic N) is 1. The van der Waals surface area contributed by atoms with Gasteiger partial charge in [-0.25, -0.2) is 0 Å². The molecule has 0 unspecified atom stereocenters. The number of aromatic nitrogens is 1. The molecule has 1 aliphatic rings. The number of aryl methyl sites for hydroxylation is 1. The zero-order valence-corrected chi connectivity index (χ0v) is 14.2. The van der Waals surface area contributed by atoms with Crippen LogP contribution >= 0.6 is 0 Å². The van der Waals surface area contributed by atoms with Gasteiger partial charge in [0.15, 0.2) is 0 Å². The van der Waals surface area contributed by atoms with Crippen LogP contribution in [0.2, 0.25) is 0 Å². The number of benzene rings is 3. The average molecular weight is 309 g/mol. The molecule has 4 aromatic rings. The van der Waals surface area contributed by atoms with E-state index < -0.39 is 0 Å². The van der Waals surface area contributed by atoms with Gasteiger partial charge in [0.1, 0.15) is 0 Å². The molecule has 0 radical (unpaired) electrons. The monoisotopic (exact) mass is 309 g/mol. The lowest BCUT2D eigenvalue weighted by Crippen LogP contribution is -2.24. The van der Waals surface area contributed by atoms with Crippen molar-refractivity contribution in [2.45, 2.75) is 26.2 Å².